The predicted molar refractivity (Wildman–Crippen MR) is 93.0 cm³/mol. The Morgan fingerprint density at radius 1 is 1.38 bits per heavy atom. The highest BCUT2D eigenvalue weighted by atomic mass is 32.2. The van der Waals surface area contributed by atoms with E-state index in [0.717, 1.165) is 16.3 Å². The van der Waals surface area contributed by atoms with Gasteiger partial charge in [0.1, 0.15) is 10.8 Å². The molecule has 1 fully saturated rings. The molecule has 1 aromatic heterocycles. The van der Waals surface area contributed by atoms with Crippen LogP contribution >= 0.6 is 11.3 Å². The van der Waals surface area contributed by atoms with Crippen LogP contribution < -0.4 is 10.1 Å². The lowest BCUT2D eigenvalue weighted by atomic mass is 10.2. The summed E-state index contributed by atoms with van der Waals surface area (Å²) < 4.78 is 28.0. The second-order valence-corrected chi connectivity index (χ2v) is 8.80. The zero-order valence-electron chi connectivity index (χ0n) is 13.2. The number of rotatable bonds is 5. The van der Waals surface area contributed by atoms with Gasteiger partial charge in [-0.3, -0.25) is 4.79 Å². The molecule has 128 valence electrons. The van der Waals surface area contributed by atoms with Gasteiger partial charge in [-0.25, -0.2) is 13.4 Å². The molecule has 24 heavy (non-hydrogen) atoms. The third-order valence-electron chi connectivity index (χ3n) is 3.83. The Hall–Kier alpha value is -1.93. The molecule has 1 saturated heterocycles. The van der Waals surface area contributed by atoms with Crippen molar-refractivity contribution in [3.05, 3.63) is 35.3 Å². The Morgan fingerprint density at radius 2 is 2.12 bits per heavy atom. The van der Waals surface area contributed by atoms with Crippen LogP contribution in [0.15, 0.2) is 29.6 Å². The number of hydrogen-bond donors (Lipinski definition) is 1. The van der Waals surface area contributed by atoms with E-state index in [1.54, 1.807) is 7.11 Å². The predicted octanol–water partition coefficient (Wildman–Crippen LogP) is 1.66. The van der Waals surface area contributed by atoms with Crippen LogP contribution in [0.2, 0.25) is 0 Å². The van der Waals surface area contributed by atoms with E-state index >= 15 is 0 Å². The van der Waals surface area contributed by atoms with E-state index < -0.39 is 9.84 Å². The second kappa shape index (κ2) is 6.90. The summed E-state index contributed by atoms with van der Waals surface area (Å²) in [7, 11) is -1.37. The summed E-state index contributed by atoms with van der Waals surface area (Å²) in [6, 6.07) is 7.30. The first-order valence-electron chi connectivity index (χ1n) is 7.54. The fourth-order valence-electron chi connectivity index (χ4n) is 2.61. The molecular formula is C16H18N2O4S2. The van der Waals surface area contributed by atoms with Crippen LogP contribution in [0, 0.1) is 0 Å². The number of nitrogens with one attached hydrogen (secondary N) is 1. The molecule has 6 nitrogen and oxygen atoms in total. The first-order valence-corrected chi connectivity index (χ1v) is 10.2. The Morgan fingerprint density at radius 3 is 2.75 bits per heavy atom. The molecule has 1 amide bonds. The van der Waals surface area contributed by atoms with Crippen molar-refractivity contribution in [3.63, 3.8) is 0 Å². The van der Waals surface area contributed by atoms with Crippen molar-refractivity contribution in [3.8, 4) is 16.3 Å². The zero-order chi connectivity index (χ0) is 17.2. The molecule has 2 aromatic rings. The Kier molecular flexibility index (Phi) is 4.86. The molecule has 0 bridgehead atoms. The highest BCUT2D eigenvalue weighted by Crippen LogP contribution is 2.25. The lowest BCUT2D eigenvalue weighted by Crippen LogP contribution is -2.36. The van der Waals surface area contributed by atoms with Crippen LogP contribution in [0.5, 0.6) is 5.75 Å². The minimum absolute atomic E-state index is 0.0346. The van der Waals surface area contributed by atoms with Crippen molar-refractivity contribution in [1.29, 1.82) is 0 Å². The summed E-state index contributed by atoms with van der Waals surface area (Å²) in [5.41, 5.74) is 1.65. The summed E-state index contributed by atoms with van der Waals surface area (Å²) in [4.78, 5) is 16.5. The lowest BCUT2D eigenvalue weighted by molar-refractivity contribution is -0.121. The Balaban J connectivity index is 1.60. The molecule has 8 heteroatoms. The number of carbonyl (C=O) groups is 1. The van der Waals surface area contributed by atoms with E-state index in [0.29, 0.717) is 12.1 Å². The van der Waals surface area contributed by atoms with Crippen molar-refractivity contribution in [2.75, 3.05) is 18.6 Å². The molecule has 1 aliphatic rings. The van der Waals surface area contributed by atoms with Gasteiger partial charge >= 0.3 is 0 Å². The summed E-state index contributed by atoms with van der Waals surface area (Å²) in [5, 5.41) is 5.47. The van der Waals surface area contributed by atoms with Crippen molar-refractivity contribution in [2.45, 2.75) is 18.9 Å². The molecule has 0 spiro atoms. The topological polar surface area (TPSA) is 85.4 Å². The normalized spacial score (nSPS) is 19.1. The fourth-order valence-corrected chi connectivity index (χ4v) is 5.11. The zero-order valence-corrected chi connectivity index (χ0v) is 14.8. The van der Waals surface area contributed by atoms with Gasteiger partial charge in [0.05, 0.1) is 30.7 Å². The number of thiazole rings is 1. The van der Waals surface area contributed by atoms with Gasteiger partial charge in [-0.2, -0.15) is 0 Å². The van der Waals surface area contributed by atoms with Crippen molar-refractivity contribution in [2.24, 2.45) is 0 Å². The van der Waals surface area contributed by atoms with Gasteiger partial charge in [0.2, 0.25) is 5.91 Å². The van der Waals surface area contributed by atoms with Gasteiger partial charge < -0.3 is 10.1 Å². The second-order valence-electron chi connectivity index (χ2n) is 5.72. The number of amides is 1. The quantitative estimate of drug-likeness (QED) is 0.870. The number of benzene rings is 1. The van der Waals surface area contributed by atoms with Crippen LogP contribution in [0.25, 0.3) is 10.6 Å². The number of nitrogens with zero attached hydrogens (tertiary/aromatic N) is 1. The maximum atomic E-state index is 12.1. The SMILES string of the molecule is COc1ccc(-c2nc(CC(=O)NC3CCS(=O)(=O)C3)cs2)cc1. The maximum Gasteiger partial charge on any atom is 0.226 e. The third-order valence-corrected chi connectivity index (χ3v) is 6.54. The third kappa shape index (κ3) is 4.12. The van der Waals surface area contributed by atoms with E-state index in [4.69, 9.17) is 4.74 Å². The molecule has 2 heterocycles. The smallest absolute Gasteiger partial charge is 0.226 e. The van der Waals surface area contributed by atoms with Crippen molar-refractivity contribution < 1.29 is 17.9 Å². The van der Waals surface area contributed by atoms with Crippen molar-refractivity contribution >= 4 is 27.1 Å². The van der Waals surface area contributed by atoms with Crippen LogP contribution in [0.1, 0.15) is 12.1 Å². The molecule has 1 N–H and O–H groups in total. The number of hydrogen-bond acceptors (Lipinski definition) is 6. The van der Waals surface area contributed by atoms with Gasteiger partial charge in [0.15, 0.2) is 9.84 Å². The molecule has 1 aliphatic heterocycles. The molecular weight excluding hydrogens is 348 g/mol. The van der Waals surface area contributed by atoms with E-state index in [1.165, 1.54) is 11.3 Å². The number of methoxy groups -OCH3 is 1. The van der Waals surface area contributed by atoms with E-state index in [-0.39, 0.29) is 29.9 Å². The highest BCUT2D eigenvalue weighted by Gasteiger charge is 2.28. The number of sulfone groups is 1. The minimum Gasteiger partial charge on any atom is -0.497 e. The number of ether oxygens (including phenoxy) is 1. The maximum absolute atomic E-state index is 12.1. The number of aromatic nitrogens is 1. The summed E-state index contributed by atoms with van der Waals surface area (Å²) in [6.45, 7) is 0. The van der Waals surface area contributed by atoms with Crippen LogP contribution in [0.4, 0.5) is 0 Å². The fraction of sp³-hybridized carbons (Fsp3) is 0.375. The molecule has 0 aliphatic carbocycles. The first kappa shape index (κ1) is 16.9. The molecule has 0 radical (unpaired) electrons. The van der Waals surface area contributed by atoms with E-state index in [2.05, 4.69) is 10.3 Å². The van der Waals surface area contributed by atoms with E-state index in [9.17, 15) is 13.2 Å². The van der Waals surface area contributed by atoms with Gasteiger partial charge in [0, 0.05) is 17.0 Å². The van der Waals surface area contributed by atoms with Gasteiger partial charge in [0.25, 0.3) is 0 Å². The monoisotopic (exact) mass is 366 g/mol. The van der Waals surface area contributed by atoms with Gasteiger partial charge in [-0.15, -0.1) is 11.3 Å². The van der Waals surface area contributed by atoms with Gasteiger partial charge in [-0.1, -0.05) is 0 Å². The molecule has 1 unspecified atom stereocenters. The first-order chi connectivity index (χ1) is 11.4. The molecule has 0 saturated carbocycles. The number of carbonyl (C=O) groups excluding carboxylic acids is 1. The van der Waals surface area contributed by atoms with Crippen LogP contribution in [-0.2, 0) is 21.1 Å². The minimum atomic E-state index is -2.99. The standard InChI is InChI=1S/C16H18N2O4S2/c1-22-14-4-2-11(3-5-14)16-18-13(9-23-16)8-15(19)17-12-6-7-24(20,21)10-12/h2-5,9,12H,6-8,10H2,1H3,(H,17,19). The summed E-state index contributed by atoms with van der Waals surface area (Å²) >= 11 is 1.47. The largest absolute Gasteiger partial charge is 0.497 e. The molecule has 1 aromatic carbocycles. The summed E-state index contributed by atoms with van der Waals surface area (Å²) in [6.07, 6.45) is 0.644. The summed E-state index contributed by atoms with van der Waals surface area (Å²) in [5.74, 6) is 0.772. The highest BCUT2D eigenvalue weighted by molar-refractivity contribution is 7.91. The average Bonchev–Trinajstić information content (AvgIpc) is 3.14. The average molecular weight is 366 g/mol. The Labute approximate surface area is 144 Å². The van der Waals surface area contributed by atoms with Crippen molar-refractivity contribution in [1.82, 2.24) is 10.3 Å². The van der Waals surface area contributed by atoms with Gasteiger partial charge in [-0.05, 0) is 30.7 Å². The Bertz CT molecular complexity index is 828. The molecule has 3 rings (SSSR count). The molecule has 1 atom stereocenters. The van der Waals surface area contributed by atoms with Crippen LogP contribution in [0.3, 0.4) is 0 Å². The van der Waals surface area contributed by atoms with E-state index in [1.807, 2.05) is 29.6 Å². The lowest BCUT2D eigenvalue weighted by Gasteiger charge is -2.09. The van der Waals surface area contributed by atoms with Crippen LogP contribution in [-0.4, -0.2) is 44.0 Å².